The lowest BCUT2D eigenvalue weighted by molar-refractivity contribution is 0.306. The number of hydrogen-bond acceptors (Lipinski definition) is 5. The van der Waals surface area contributed by atoms with E-state index in [9.17, 15) is 0 Å². The molecule has 0 aliphatic carbocycles. The molecule has 0 radical (unpaired) electrons. The first-order chi connectivity index (χ1) is 13.3. The van der Waals surface area contributed by atoms with Gasteiger partial charge in [-0.1, -0.05) is 65.4 Å². The van der Waals surface area contributed by atoms with Crippen LogP contribution in [0.1, 0.15) is 11.1 Å². The number of nitrogens with zero attached hydrogens (tertiary/aromatic N) is 2. The van der Waals surface area contributed by atoms with Crippen LogP contribution >= 0.6 is 22.9 Å². The molecule has 3 aromatic carbocycles. The maximum Gasteiger partial charge on any atom is 0.204 e. The van der Waals surface area contributed by atoms with Crippen molar-refractivity contribution in [2.24, 2.45) is 5.10 Å². The standard InChI is InChI=1S/C21H16ClN3OS/c22-17-9-3-1-8-16(17)14-26-19-11-5-2-7-15(19)13-23-25-21-24-18-10-4-6-12-20(18)27-21/h1-13H,14H2,(H,24,25). The molecular formula is C21H16ClN3OS. The zero-order chi connectivity index (χ0) is 18.5. The average Bonchev–Trinajstić information content (AvgIpc) is 3.11. The van der Waals surface area contributed by atoms with Crippen LogP contribution in [-0.4, -0.2) is 11.2 Å². The SMILES string of the molecule is Clc1ccccc1COc1ccccc1C=NNc1nc2ccccc2s1. The summed E-state index contributed by atoms with van der Waals surface area (Å²) >= 11 is 7.76. The molecule has 1 aromatic heterocycles. The number of ether oxygens (including phenoxy) is 1. The number of fused-ring (bicyclic) bond motifs is 1. The van der Waals surface area contributed by atoms with Crippen molar-refractivity contribution in [3.05, 3.63) is 88.9 Å². The number of aromatic nitrogens is 1. The molecule has 134 valence electrons. The molecule has 0 unspecified atom stereocenters. The quantitative estimate of drug-likeness (QED) is 0.324. The lowest BCUT2D eigenvalue weighted by Gasteiger charge is -2.10. The molecule has 4 rings (SSSR count). The van der Waals surface area contributed by atoms with Crippen LogP contribution in [0.4, 0.5) is 5.13 Å². The Balaban J connectivity index is 1.45. The summed E-state index contributed by atoms with van der Waals surface area (Å²) < 4.78 is 7.06. The molecule has 4 aromatic rings. The van der Waals surface area contributed by atoms with Gasteiger partial charge in [-0.3, -0.25) is 5.43 Å². The fourth-order valence-corrected chi connectivity index (χ4v) is 3.57. The van der Waals surface area contributed by atoms with Gasteiger partial charge in [-0.05, 0) is 30.3 Å². The largest absolute Gasteiger partial charge is 0.488 e. The Morgan fingerprint density at radius 3 is 2.67 bits per heavy atom. The molecule has 0 aliphatic heterocycles. The highest BCUT2D eigenvalue weighted by Crippen LogP contribution is 2.25. The smallest absolute Gasteiger partial charge is 0.204 e. The lowest BCUT2D eigenvalue weighted by atomic mass is 10.2. The van der Waals surface area contributed by atoms with Gasteiger partial charge in [0.25, 0.3) is 0 Å². The number of anilines is 1. The zero-order valence-corrected chi connectivity index (χ0v) is 15.9. The van der Waals surface area contributed by atoms with Crippen molar-refractivity contribution >= 4 is 44.5 Å². The Labute approximate surface area is 166 Å². The van der Waals surface area contributed by atoms with Gasteiger partial charge in [-0.15, -0.1) is 0 Å². The van der Waals surface area contributed by atoms with Gasteiger partial charge in [0.15, 0.2) is 0 Å². The van der Waals surface area contributed by atoms with Gasteiger partial charge in [0, 0.05) is 16.1 Å². The number of hydrogen-bond donors (Lipinski definition) is 1. The number of hydrazone groups is 1. The van der Waals surface area contributed by atoms with Crippen molar-refractivity contribution in [2.75, 3.05) is 5.43 Å². The number of rotatable bonds is 6. The van der Waals surface area contributed by atoms with E-state index in [0.717, 1.165) is 32.2 Å². The fourth-order valence-electron chi connectivity index (χ4n) is 2.57. The average molecular weight is 394 g/mol. The van der Waals surface area contributed by atoms with Crippen LogP contribution in [0.3, 0.4) is 0 Å². The zero-order valence-electron chi connectivity index (χ0n) is 14.3. The molecule has 0 saturated carbocycles. The van der Waals surface area contributed by atoms with Gasteiger partial charge in [0.2, 0.25) is 5.13 Å². The fraction of sp³-hybridized carbons (Fsp3) is 0.0476. The molecule has 6 heteroatoms. The Hall–Kier alpha value is -2.89. The summed E-state index contributed by atoms with van der Waals surface area (Å²) in [6.45, 7) is 0.399. The van der Waals surface area contributed by atoms with Crippen LogP contribution in [0.15, 0.2) is 77.9 Å². The second-order valence-corrected chi connectivity index (χ2v) is 7.21. The maximum absolute atomic E-state index is 6.19. The predicted molar refractivity (Wildman–Crippen MR) is 113 cm³/mol. The van der Waals surface area contributed by atoms with Gasteiger partial charge >= 0.3 is 0 Å². The number of halogens is 1. The molecule has 0 atom stereocenters. The van der Waals surface area contributed by atoms with Crippen LogP contribution in [0.25, 0.3) is 10.2 Å². The van der Waals surface area contributed by atoms with Gasteiger partial charge in [0.05, 0.1) is 16.4 Å². The van der Waals surface area contributed by atoms with E-state index in [2.05, 4.69) is 15.5 Å². The Morgan fingerprint density at radius 2 is 1.78 bits per heavy atom. The van der Waals surface area contributed by atoms with E-state index in [4.69, 9.17) is 16.3 Å². The van der Waals surface area contributed by atoms with E-state index in [1.165, 1.54) is 0 Å². The lowest BCUT2D eigenvalue weighted by Crippen LogP contribution is -1.99. The Morgan fingerprint density at radius 1 is 1.00 bits per heavy atom. The minimum Gasteiger partial charge on any atom is -0.488 e. The number of benzene rings is 3. The highest BCUT2D eigenvalue weighted by molar-refractivity contribution is 7.22. The first-order valence-electron chi connectivity index (χ1n) is 8.39. The summed E-state index contributed by atoms with van der Waals surface area (Å²) in [5, 5.41) is 5.75. The molecule has 1 N–H and O–H groups in total. The van der Waals surface area contributed by atoms with Crippen LogP contribution in [0.2, 0.25) is 5.02 Å². The van der Waals surface area contributed by atoms with Crippen molar-refractivity contribution in [2.45, 2.75) is 6.61 Å². The molecule has 0 aliphatic rings. The van der Waals surface area contributed by atoms with Crippen LogP contribution in [0, 0.1) is 0 Å². The topological polar surface area (TPSA) is 46.5 Å². The molecule has 0 fully saturated rings. The highest BCUT2D eigenvalue weighted by Gasteiger charge is 2.05. The number of nitrogens with one attached hydrogen (secondary N) is 1. The second-order valence-electron chi connectivity index (χ2n) is 5.77. The Kier molecular flexibility index (Phi) is 5.32. The summed E-state index contributed by atoms with van der Waals surface area (Å²) in [7, 11) is 0. The predicted octanol–water partition coefficient (Wildman–Crippen LogP) is 5.97. The normalized spacial score (nSPS) is 11.1. The summed E-state index contributed by atoms with van der Waals surface area (Å²) in [5.74, 6) is 0.743. The molecule has 0 bridgehead atoms. The van der Waals surface area contributed by atoms with Crippen LogP contribution in [0.5, 0.6) is 5.75 Å². The van der Waals surface area contributed by atoms with Crippen molar-refractivity contribution in [1.82, 2.24) is 4.98 Å². The molecule has 0 amide bonds. The first-order valence-corrected chi connectivity index (χ1v) is 9.59. The number of thiazole rings is 1. The molecule has 27 heavy (non-hydrogen) atoms. The minimum atomic E-state index is 0.399. The third-order valence-electron chi connectivity index (χ3n) is 3.92. The highest BCUT2D eigenvalue weighted by atomic mass is 35.5. The van der Waals surface area contributed by atoms with E-state index >= 15 is 0 Å². The number of para-hydroxylation sites is 2. The van der Waals surface area contributed by atoms with Gasteiger partial charge in [0.1, 0.15) is 12.4 Å². The van der Waals surface area contributed by atoms with E-state index in [1.54, 1.807) is 17.6 Å². The van der Waals surface area contributed by atoms with E-state index < -0.39 is 0 Å². The Bertz CT molecular complexity index is 1060. The molecule has 0 saturated heterocycles. The van der Waals surface area contributed by atoms with E-state index in [0.29, 0.717) is 11.6 Å². The molecular weight excluding hydrogens is 378 g/mol. The first kappa shape index (κ1) is 17.5. The molecule has 0 spiro atoms. The molecule has 4 nitrogen and oxygen atoms in total. The van der Waals surface area contributed by atoms with Crippen LogP contribution in [-0.2, 0) is 6.61 Å². The summed E-state index contributed by atoms with van der Waals surface area (Å²) in [6.07, 6.45) is 1.73. The van der Waals surface area contributed by atoms with Gasteiger partial charge in [-0.25, -0.2) is 4.98 Å². The minimum absolute atomic E-state index is 0.399. The van der Waals surface area contributed by atoms with Crippen molar-refractivity contribution in [1.29, 1.82) is 0 Å². The monoisotopic (exact) mass is 393 g/mol. The second kappa shape index (κ2) is 8.20. The van der Waals surface area contributed by atoms with E-state index in [1.807, 2.05) is 72.8 Å². The van der Waals surface area contributed by atoms with Crippen molar-refractivity contribution in [3.8, 4) is 5.75 Å². The van der Waals surface area contributed by atoms with Crippen molar-refractivity contribution in [3.63, 3.8) is 0 Å². The maximum atomic E-state index is 6.19. The summed E-state index contributed by atoms with van der Waals surface area (Å²) in [4.78, 5) is 4.50. The van der Waals surface area contributed by atoms with Crippen LogP contribution < -0.4 is 10.2 Å². The summed E-state index contributed by atoms with van der Waals surface area (Å²) in [5.41, 5.74) is 5.77. The molecule has 1 heterocycles. The van der Waals surface area contributed by atoms with Gasteiger partial charge in [-0.2, -0.15) is 5.10 Å². The summed E-state index contributed by atoms with van der Waals surface area (Å²) in [6, 6.07) is 23.4. The van der Waals surface area contributed by atoms with E-state index in [-0.39, 0.29) is 0 Å². The van der Waals surface area contributed by atoms with Gasteiger partial charge < -0.3 is 4.74 Å². The third-order valence-corrected chi connectivity index (χ3v) is 5.23. The van der Waals surface area contributed by atoms with Crippen molar-refractivity contribution < 1.29 is 4.74 Å². The third kappa shape index (κ3) is 4.27.